The second kappa shape index (κ2) is 6.21. The predicted molar refractivity (Wildman–Crippen MR) is 78.7 cm³/mol. The first-order chi connectivity index (χ1) is 10.6. The van der Waals surface area contributed by atoms with Gasteiger partial charge in [0.25, 0.3) is 6.43 Å². The number of rotatable bonds is 6. The van der Waals surface area contributed by atoms with Crippen LogP contribution < -0.4 is 10.6 Å². The topological polar surface area (TPSA) is 66.9 Å². The van der Waals surface area contributed by atoms with Crippen LogP contribution in [0.1, 0.15) is 25.1 Å². The maximum absolute atomic E-state index is 12.9. The van der Waals surface area contributed by atoms with Crippen LogP contribution in [-0.4, -0.2) is 29.0 Å². The summed E-state index contributed by atoms with van der Waals surface area (Å²) in [5, 5.41) is 6.25. The number of alkyl halides is 2. The number of amides is 1. The van der Waals surface area contributed by atoms with Crippen molar-refractivity contribution in [3.63, 3.8) is 0 Å². The van der Waals surface area contributed by atoms with Gasteiger partial charge in [0.15, 0.2) is 5.82 Å². The molecule has 1 saturated carbocycles. The monoisotopic (exact) mass is 306 g/mol. The smallest absolute Gasteiger partial charge is 0.297 e. The van der Waals surface area contributed by atoms with Gasteiger partial charge in [0, 0.05) is 11.9 Å². The van der Waals surface area contributed by atoms with Crippen LogP contribution in [0.15, 0.2) is 24.3 Å². The Hall–Kier alpha value is -2.31. The lowest BCUT2D eigenvalue weighted by Crippen LogP contribution is -2.31. The van der Waals surface area contributed by atoms with E-state index in [1.807, 2.05) is 0 Å². The number of anilines is 1. The number of hydrogen-bond donors (Lipinski definition) is 2. The summed E-state index contributed by atoms with van der Waals surface area (Å²) in [6.45, 7) is 0.670. The molecule has 1 aliphatic rings. The molecular formula is C15H16F2N4O. The van der Waals surface area contributed by atoms with Crippen molar-refractivity contribution in [1.82, 2.24) is 15.3 Å². The number of fused-ring (bicyclic) bond motifs is 1. The summed E-state index contributed by atoms with van der Waals surface area (Å²) >= 11 is 0. The van der Waals surface area contributed by atoms with Gasteiger partial charge in [0.2, 0.25) is 5.91 Å². The van der Waals surface area contributed by atoms with Gasteiger partial charge in [0.1, 0.15) is 5.82 Å². The fourth-order valence-corrected chi connectivity index (χ4v) is 2.13. The minimum absolute atomic E-state index is 0.00357. The molecule has 1 aromatic heterocycles. The first-order valence-electron chi connectivity index (χ1n) is 7.19. The molecular weight excluding hydrogens is 290 g/mol. The molecule has 22 heavy (non-hydrogen) atoms. The number of carbonyl (C=O) groups excluding carboxylic acids is 1. The van der Waals surface area contributed by atoms with E-state index < -0.39 is 12.2 Å². The number of hydrogen-bond acceptors (Lipinski definition) is 4. The van der Waals surface area contributed by atoms with Crippen LogP contribution >= 0.6 is 0 Å². The zero-order chi connectivity index (χ0) is 15.5. The molecule has 5 nitrogen and oxygen atoms in total. The Morgan fingerprint density at radius 2 is 2.05 bits per heavy atom. The highest BCUT2D eigenvalue weighted by atomic mass is 19.3. The Balaban J connectivity index is 1.74. The first-order valence-corrected chi connectivity index (χ1v) is 7.19. The largest absolute Gasteiger partial charge is 0.360 e. The van der Waals surface area contributed by atoms with Gasteiger partial charge in [-0.25, -0.2) is 18.7 Å². The minimum Gasteiger partial charge on any atom is -0.360 e. The summed E-state index contributed by atoms with van der Waals surface area (Å²) in [4.78, 5) is 19.4. The van der Waals surface area contributed by atoms with Gasteiger partial charge in [-0.05, 0) is 30.9 Å². The Morgan fingerprint density at radius 1 is 1.27 bits per heavy atom. The van der Waals surface area contributed by atoms with E-state index in [2.05, 4.69) is 20.6 Å². The number of para-hydroxylation sites is 1. The average molecular weight is 306 g/mol. The zero-order valence-corrected chi connectivity index (χ0v) is 11.9. The highest BCUT2D eigenvalue weighted by molar-refractivity contribution is 5.91. The highest BCUT2D eigenvalue weighted by Crippen LogP contribution is 2.27. The second-order valence-electron chi connectivity index (χ2n) is 5.35. The van der Waals surface area contributed by atoms with E-state index in [0.29, 0.717) is 23.4 Å². The third-order valence-electron chi connectivity index (χ3n) is 3.52. The molecule has 116 valence electrons. The summed E-state index contributed by atoms with van der Waals surface area (Å²) in [5.41, 5.74) is 0.425. The summed E-state index contributed by atoms with van der Waals surface area (Å²) in [7, 11) is 0. The molecule has 0 aliphatic heterocycles. The predicted octanol–water partition coefficient (Wildman–Crippen LogP) is 2.51. The molecule has 2 N–H and O–H groups in total. The zero-order valence-electron chi connectivity index (χ0n) is 11.9. The van der Waals surface area contributed by atoms with E-state index >= 15 is 0 Å². The van der Waals surface area contributed by atoms with Gasteiger partial charge < -0.3 is 10.6 Å². The van der Waals surface area contributed by atoms with Crippen LogP contribution in [0.25, 0.3) is 10.9 Å². The van der Waals surface area contributed by atoms with Crippen LogP contribution in [0.4, 0.5) is 14.6 Å². The van der Waals surface area contributed by atoms with Crippen molar-refractivity contribution >= 4 is 22.6 Å². The summed E-state index contributed by atoms with van der Waals surface area (Å²) in [5.74, 6) is 0.129. The molecule has 3 rings (SSSR count). The van der Waals surface area contributed by atoms with Crippen molar-refractivity contribution < 1.29 is 13.6 Å². The molecule has 7 heteroatoms. The Bertz CT molecular complexity index is 688. The molecule has 1 amide bonds. The third kappa shape index (κ3) is 3.47. The fourth-order valence-electron chi connectivity index (χ4n) is 2.13. The maximum Gasteiger partial charge on any atom is 0.297 e. The maximum atomic E-state index is 12.9. The van der Waals surface area contributed by atoms with Crippen LogP contribution in [0.3, 0.4) is 0 Å². The van der Waals surface area contributed by atoms with E-state index in [9.17, 15) is 13.6 Å². The summed E-state index contributed by atoms with van der Waals surface area (Å²) in [6.07, 6.45) is -0.446. The van der Waals surface area contributed by atoms with Gasteiger partial charge in [-0.15, -0.1) is 0 Å². The van der Waals surface area contributed by atoms with Crippen LogP contribution in [-0.2, 0) is 4.79 Å². The Kier molecular flexibility index (Phi) is 4.13. The fraction of sp³-hybridized carbons (Fsp3) is 0.400. The number of halogens is 2. The lowest BCUT2D eigenvalue weighted by molar-refractivity contribution is -0.119. The van der Waals surface area contributed by atoms with Crippen molar-refractivity contribution in [3.05, 3.63) is 30.1 Å². The molecule has 0 spiro atoms. The van der Waals surface area contributed by atoms with Gasteiger partial charge >= 0.3 is 0 Å². The average Bonchev–Trinajstić information content (AvgIpc) is 3.34. The van der Waals surface area contributed by atoms with Crippen molar-refractivity contribution in [1.29, 1.82) is 0 Å². The SMILES string of the molecule is O=C(CNc1nc(C(F)F)nc2ccccc12)NCC1CC1. The molecule has 2 aromatic rings. The van der Waals surface area contributed by atoms with Crippen molar-refractivity contribution in [3.8, 4) is 0 Å². The molecule has 1 heterocycles. The van der Waals surface area contributed by atoms with Crippen molar-refractivity contribution in [2.75, 3.05) is 18.4 Å². The minimum atomic E-state index is -2.76. The molecule has 1 aliphatic carbocycles. The van der Waals surface area contributed by atoms with Crippen molar-refractivity contribution in [2.45, 2.75) is 19.3 Å². The van der Waals surface area contributed by atoms with E-state index in [1.54, 1.807) is 24.3 Å². The lowest BCUT2D eigenvalue weighted by atomic mass is 10.2. The molecule has 0 saturated heterocycles. The summed E-state index contributed by atoms with van der Waals surface area (Å²) < 4.78 is 25.7. The van der Waals surface area contributed by atoms with E-state index in [-0.39, 0.29) is 18.3 Å². The molecule has 0 bridgehead atoms. The Labute approximate surface area is 126 Å². The number of aromatic nitrogens is 2. The van der Waals surface area contributed by atoms with Crippen molar-refractivity contribution in [2.24, 2.45) is 5.92 Å². The number of nitrogens with zero attached hydrogens (tertiary/aromatic N) is 2. The number of carbonyl (C=O) groups is 1. The summed E-state index contributed by atoms with van der Waals surface area (Å²) in [6, 6.07) is 6.86. The quantitative estimate of drug-likeness (QED) is 0.860. The molecule has 0 atom stereocenters. The number of nitrogens with one attached hydrogen (secondary N) is 2. The van der Waals surface area contributed by atoms with E-state index in [1.165, 1.54) is 0 Å². The van der Waals surface area contributed by atoms with E-state index in [4.69, 9.17) is 0 Å². The van der Waals surface area contributed by atoms with Crippen LogP contribution in [0.5, 0.6) is 0 Å². The lowest BCUT2D eigenvalue weighted by Gasteiger charge is -2.10. The molecule has 0 radical (unpaired) electrons. The molecule has 0 unspecified atom stereocenters. The van der Waals surface area contributed by atoms with Gasteiger partial charge in [-0.3, -0.25) is 4.79 Å². The van der Waals surface area contributed by atoms with Crippen LogP contribution in [0.2, 0.25) is 0 Å². The normalized spacial score (nSPS) is 14.3. The third-order valence-corrected chi connectivity index (χ3v) is 3.52. The van der Waals surface area contributed by atoms with Gasteiger partial charge in [0.05, 0.1) is 12.1 Å². The van der Waals surface area contributed by atoms with Crippen LogP contribution in [0, 0.1) is 5.92 Å². The van der Waals surface area contributed by atoms with E-state index in [0.717, 1.165) is 12.8 Å². The standard InChI is InChI=1S/C15H16F2N4O/c16-13(17)15-20-11-4-2-1-3-10(11)14(21-15)19-8-12(22)18-7-9-5-6-9/h1-4,9,13H,5-8H2,(H,18,22)(H,19,20,21). The number of benzene rings is 1. The molecule has 1 aromatic carbocycles. The van der Waals surface area contributed by atoms with Gasteiger partial charge in [-0.2, -0.15) is 0 Å². The highest BCUT2D eigenvalue weighted by Gasteiger charge is 2.21. The Morgan fingerprint density at radius 3 is 2.77 bits per heavy atom. The second-order valence-corrected chi connectivity index (χ2v) is 5.35. The van der Waals surface area contributed by atoms with Gasteiger partial charge in [-0.1, -0.05) is 12.1 Å². The molecule has 1 fully saturated rings. The first kappa shape index (κ1) is 14.6.